The molecule has 0 saturated heterocycles. The SMILES string of the molecule is CNc1cc(NC(C)C2CCC2)nc(C(C)C)n1. The number of hydrogen-bond donors (Lipinski definition) is 2. The van der Waals surface area contributed by atoms with Crippen LogP contribution in [0.4, 0.5) is 11.6 Å². The maximum absolute atomic E-state index is 4.60. The first-order valence-corrected chi connectivity index (χ1v) is 6.93. The van der Waals surface area contributed by atoms with Crippen molar-refractivity contribution in [2.24, 2.45) is 5.92 Å². The Hall–Kier alpha value is -1.32. The molecule has 1 aromatic heterocycles. The Morgan fingerprint density at radius 2 is 1.83 bits per heavy atom. The van der Waals surface area contributed by atoms with Gasteiger partial charge in [-0.3, -0.25) is 0 Å². The lowest BCUT2D eigenvalue weighted by Crippen LogP contribution is -2.31. The Balaban J connectivity index is 2.12. The zero-order valence-electron chi connectivity index (χ0n) is 11.8. The molecule has 2 rings (SSSR count). The van der Waals surface area contributed by atoms with Crippen LogP contribution in [0.25, 0.3) is 0 Å². The molecule has 1 fully saturated rings. The van der Waals surface area contributed by atoms with Crippen LogP contribution < -0.4 is 10.6 Å². The van der Waals surface area contributed by atoms with Crippen LogP contribution in [0.1, 0.15) is 51.8 Å². The maximum Gasteiger partial charge on any atom is 0.135 e. The molecule has 2 N–H and O–H groups in total. The van der Waals surface area contributed by atoms with Crippen molar-refractivity contribution in [3.05, 3.63) is 11.9 Å². The van der Waals surface area contributed by atoms with Gasteiger partial charge >= 0.3 is 0 Å². The third-order valence-corrected chi connectivity index (χ3v) is 3.75. The molecule has 1 saturated carbocycles. The zero-order chi connectivity index (χ0) is 13.1. The Bertz CT molecular complexity index is 399. The first-order valence-electron chi connectivity index (χ1n) is 6.93. The molecule has 100 valence electrons. The minimum atomic E-state index is 0.345. The third-order valence-electron chi connectivity index (χ3n) is 3.75. The van der Waals surface area contributed by atoms with Gasteiger partial charge in [-0.15, -0.1) is 0 Å². The van der Waals surface area contributed by atoms with Crippen molar-refractivity contribution in [2.75, 3.05) is 17.7 Å². The number of nitrogens with one attached hydrogen (secondary N) is 2. The van der Waals surface area contributed by atoms with Gasteiger partial charge in [-0.2, -0.15) is 0 Å². The van der Waals surface area contributed by atoms with Gasteiger partial charge in [0.1, 0.15) is 17.5 Å². The molecule has 18 heavy (non-hydrogen) atoms. The second-order valence-corrected chi connectivity index (χ2v) is 5.53. The molecule has 1 aromatic rings. The first-order chi connectivity index (χ1) is 8.60. The smallest absolute Gasteiger partial charge is 0.135 e. The summed E-state index contributed by atoms with van der Waals surface area (Å²) in [6.45, 7) is 6.49. The van der Waals surface area contributed by atoms with Crippen molar-refractivity contribution in [3.8, 4) is 0 Å². The van der Waals surface area contributed by atoms with Crippen molar-refractivity contribution in [3.63, 3.8) is 0 Å². The molecule has 0 radical (unpaired) electrons. The van der Waals surface area contributed by atoms with Crippen LogP contribution in [0.15, 0.2) is 6.07 Å². The van der Waals surface area contributed by atoms with Gasteiger partial charge in [-0.25, -0.2) is 9.97 Å². The van der Waals surface area contributed by atoms with E-state index in [0.29, 0.717) is 12.0 Å². The third kappa shape index (κ3) is 2.92. The summed E-state index contributed by atoms with van der Waals surface area (Å²) in [6.07, 6.45) is 4.06. The van der Waals surface area contributed by atoms with Crippen LogP contribution >= 0.6 is 0 Å². The van der Waals surface area contributed by atoms with Crippen LogP contribution in [0.5, 0.6) is 0 Å². The molecule has 0 aromatic carbocycles. The molecule has 1 atom stereocenters. The molecule has 4 nitrogen and oxygen atoms in total. The fraction of sp³-hybridized carbons (Fsp3) is 0.714. The highest BCUT2D eigenvalue weighted by Crippen LogP contribution is 2.31. The van der Waals surface area contributed by atoms with Crippen LogP contribution in [0, 0.1) is 5.92 Å². The lowest BCUT2D eigenvalue weighted by molar-refractivity contribution is 0.285. The van der Waals surface area contributed by atoms with Gasteiger partial charge in [0.05, 0.1) is 0 Å². The highest BCUT2D eigenvalue weighted by Gasteiger charge is 2.24. The summed E-state index contributed by atoms with van der Waals surface area (Å²) < 4.78 is 0. The summed E-state index contributed by atoms with van der Waals surface area (Å²) in [5, 5.41) is 6.62. The highest BCUT2D eigenvalue weighted by atomic mass is 15.1. The molecular weight excluding hydrogens is 224 g/mol. The summed E-state index contributed by atoms with van der Waals surface area (Å²) >= 11 is 0. The number of aromatic nitrogens is 2. The molecule has 0 aliphatic heterocycles. The van der Waals surface area contributed by atoms with Crippen molar-refractivity contribution in [1.29, 1.82) is 0 Å². The van der Waals surface area contributed by atoms with Gasteiger partial charge < -0.3 is 10.6 Å². The average Bonchev–Trinajstić information content (AvgIpc) is 2.25. The minimum Gasteiger partial charge on any atom is -0.373 e. The van der Waals surface area contributed by atoms with Gasteiger partial charge in [-0.05, 0) is 25.7 Å². The van der Waals surface area contributed by atoms with E-state index in [9.17, 15) is 0 Å². The van der Waals surface area contributed by atoms with Gasteiger partial charge in [0, 0.05) is 25.1 Å². The van der Waals surface area contributed by atoms with E-state index in [1.165, 1.54) is 19.3 Å². The van der Waals surface area contributed by atoms with Crippen molar-refractivity contribution in [1.82, 2.24) is 9.97 Å². The summed E-state index contributed by atoms with van der Waals surface area (Å²) in [5.41, 5.74) is 0. The highest BCUT2D eigenvalue weighted by molar-refractivity contribution is 5.48. The molecule has 0 spiro atoms. The van der Waals surface area contributed by atoms with Crippen molar-refractivity contribution < 1.29 is 0 Å². The summed E-state index contributed by atoms with van der Waals surface area (Å²) in [7, 11) is 1.89. The second-order valence-electron chi connectivity index (χ2n) is 5.53. The molecule has 1 aliphatic rings. The fourth-order valence-electron chi connectivity index (χ4n) is 2.22. The van der Waals surface area contributed by atoms with E-state index in [0.717, 1.165) is 23.4 Å². The van der Waals surface area contributed by atoms with E-state index < -0.39 is 0 Å². The Morgan fingerprint density at radius 3 is 2.33 bits per heavy atom. The Kier molecular flexibility index (Phi) is 4.04. The number of anilines is 2. The first kappa shape index (κ1) is 13.1. The van der Waals surface area contributed by atoms with Crippen LogP contribution in [0.2, 0.25) is 0 Å². The summed E-state index contributed by atoms with van der Waals surface area (Å²) in [4.78, 5) is 9.07. The summed E-state index contributed by atoms with van der Waals surface area (Å²) in [6, 6.07) is 2.49. The van der Waals surface area contributed by atoms with Crippen molar-refractivity contribution >= 4 is 11.6 Å². The molecule has 1 heterocycles. The van der Waals surface area contributed by atoms with Crippen LogP contribution in [-0.4, -0.2) is 23.1 Å². The molecule has 0 bridgehead atoms. The van der Waals surface area contributed by atoms with Crippen LogP contribution in [0.3, 0.4) is 0 Å². The molecular formula is C14H24N4. The lowest BCUT2D eigenvalue weighted by atomic mass is 9.80. The Morgan fingerprint density at radius 1 is 1.17 bits per heavy atom. The molecule has 4 heteroatoms. The molecule has 0 amide bonds. The fourth-order valence-corrected chi connectivity index (χ4v) is 2.22. The number of hydrogen-bond acceptors (Lipinski definition) is 4. The van der Waals surface area contributed by atoms with E-state index in [2.05, 4.69) is 41.4 Å². The standard InChI is InChI=1S/C14H24N4/c1-9(2)14-17-12(15-4)8-13(18-14)16-10(3)11-6-5-7-11/h8-11H,5-7H2,1-4H3,(H2,15,16,17,18). The largest absolute Gasteiger partial charge is 0.373 e. The topological polar surface area (TPSA) is 49.8 Å². The van der Waals surface area contributed by atoms with E-state index >= 15 is 0 Å². The molecule has 1 unspecified atom stereocenters. The second kappa shape index (κ2) is 5.55. The van der Waals surface area contributed by atoms with Crippen LogP contribution in [-0.2, 0) is 0 Å². The number of nitrogens with zero attached hydrogens (tertiary/aromatic N) is 2. The van der Waals surface area contributed by atoms with Gasteiger partial charge in [0.15, 0.2) is 0 Å². The van der Waals surface area contributed by atoms with E-state index in [4.69, 9.17) is 0 Å². The van der Waals surface area contributed by atoms with Gasteiger partial charge in [0.2, 0.25) is 0 Å². The Labute approximate surface area is 110 Å². The quantitative estimate of drug-likeness (QED) is 0.840. The average molecular weight is 248 g/mol. The van der Waals surface area contributed by atoms with E-state index in [-0.39, 0.29) is 0 Å². The number of rotatable bonds is 5. The predicted molar refractivity (Wildman–Crippen MR) is 76.1 cm³/mol. The monoisotopic (exact) mass is 248 g/mol. The van der Waals surface area contributed by atoms with E-state index in [1.54, 1.807) is 0 Å². The summed E-state index contributed by atoms with van der Waals surface area (Å²) in [5.74, 6) is 3.87. The van der Waals surface area contributed by atoms with Gasteiger partial charge in [0.25, 0.3) is 0 Å². The van der Waals surface area contributed by atoms with E-state index in [1.807, 2.05) is 13.1 Å². The molecule has 1 aliphatic carbocycles. The van der Waals surface area contributed by atoms with Gasteiger partial charge in [-0.1, -0.05) is 20.3 Å². The predicted octanol–water partition coefficient (Wildman–Crippen LogP) is 3.24. The lowest BCUT2D eigenvalue weighted by Gasteiger charge is -2.32. The maximum atomic E-state index is 4.60. The zero-order valence-corrected chi connectivity index (χ0v) is 11.8. The van der Waals surface area contributed by atoms with Crippen molar-refractivity contribution in [2.45, 2.75) is 52.0 Å². The normalized spacial score (nSPS) is 17.4. The minimum absolute atomic E-state index is 0.345.